The number of rotatable bonds is 3. The van der Waals surface area contributed by atoms with Gasteiger partial charge in [0.05, 0.1) is 9.99 Å². The van der Waals surface area contributed by atoms with Gasteiger partial charge in [-0.25, -0.2) is 4.98 Å². The Morgan fingerprint density at radius 2 is 2.10 bits per heavy atom. The Labute approximate surface area is 182 Å². The van der Waals surface area contributed by atoms with E-state index in [1.807, 2.05) is 6.07 Å². The lowest BCUT2D eigenvalue weighted by molar-refractivity contribution is -0.141. The number of carbonyl (C=O) groups excluding carboxylic acids is 3. The van der Waals surface area contributed by atoms with E-state index in [0.717, 1.165) is 16.3 Å². The molecule has 0 aliphatic carbocycles. The molecular weight excluding hydrogens is 450 g/mol. The van der Waals surface area contributed by atoms with E-state index in [0.29, 0.717) is 37.3 Å². The molecule has 158 valence electrons. The lowest BCUT2D eigenvalue weighted by Gasteiger charge is -2.39. The van der Waals surface area contributed by atoms with E-state index < -0.39 is 0 Å². The van der Waals surface area contributed by atoms with Crippen LogP contribution in [-0.2, 0) is 9.59 Å². The van der Waals surface area contributed by atoms with Gasteiger partial charge in [0.2, 0.25) is 11.8 Å². The molecule has 0 aromatic carbocycles. The van der Waals surface area contributed by atoms with Crippen LogP contribution < -0.4 is 10.6 Å². The zero-order valence-electron chi connectivity index (χ0n) is 16.7. The maximum Gasteiger partial charge on any atom is 0.270 e. The first-order chi connectivity index (χ1) is 14.4. The number of hydrogen-bond acceptors (Lipinski definition) is 5. The van der Waals surface area contributed by atoms with Crippen LogP contribution in [0.4, 0.5) is 0 Å². The molecule has 0 saturated carbocycles. The molecule has 2 N–H and O–H groups in total. The molecule has 2 aliphatic rings. The van der Waals surface area contributed by atoms with Gasteiger partial charge in [-0.2, -0.15) is 0 Å². The van der Waals surface area contributed by atoms with Crippen molar-refractivity contribution in [3.05, 3.63) is 34.7 Å². The first-order valence-electron chi connectivity index (χ1n) is 10.2. The SMILES string of the molecule is CC1CCN(C(=O)C2CCNC(=O)C2)CC1NC(=O)c1ccc2cncc(Br)c2n1. The van der Waals surface area contributed by atoms with E-state index in [-0.39, 0.29) is 42.0 Å². The lowest BCUT2D eigenvalue weighted by Crippen LogP contribution is -2.55. The van der Waals surface area contributed by atoms with Crippen LogP contribution in [0.15, 0.2) is 29.0 Å². The molecular formula is C21H24BrN5O3. The number of nitrogens with zero attached hydrogens (tertiary/aromatic N) is 3. The molecule has 3 atom stereocenters. The molecule has 3 unspecified atom stereocenters. The van der Waals surface area contributed by atoms with Gasteiger partial charge >= 0.3 is 0 Å². The summed E-state index contributed by atoms with van der Waals surface area (Å²) >= 11 is 3.42. The van der Waals surface area contributed by atoms with Crippen LogP contribution in [0.5, 0.6) is 0 Å². The quantitative estimate of drug-likeness (QED) is 0.707. The summed E-state index contributed by atoms with van der Waals surface area (Å²) in [5, 5.41) is 6.67. The second-order valence-electron chi connectivity index (χ2n) is 8.06. The highest BCUT2D eigenvalue weighted by Gasteiger charge is 2.35. The van der Waals surface area contributed by atoms with E-state index in [1.165, 1.54) is 0 Å². The van der Waals surface area contributed by atoms with E-state index in [2.05, 4.69) is 43.5 Å². The summed E-state index contributed by atoms with van der Waals surface area (Å²) in [6, 6.07) is 3.34. The smallest absolute Gasteiger partial charge is 0.270 e. The van der Waals surface area contributed by atoms with Gasteiger partial charge in [-0.05, 0) is 46.8 Å². The zero-order valence-corrected chi connectivity index (χ0v) is 18.3. The molecule has 0 spiro atoms. The third-order valence-electron chi connectivity index (χ3n) is 5.97. The predicted molar refractivity (Wildman–Crippen MR) is 115 cm³/mol. The fourth-order valence-corrected chi connectivity index (χ4v) is 4.52. The van der Waals surface area contributed by atoms with Crippen LogP contribution in [0.25, 0.3) is 10.9 Å². The van der Waals surface area contributed by atoms with Gasteiger partial charge in [-0.3, -0.25) is 19.4 Å². The minimum atomic E-state index is -0.267. The number of pyridine rings is 2. The number of halogens is 1. The maximum absolute atomic E-state index is 12.9. The minimum Gasteiger partial charge on any atom is -0.356 e. The summed E-state index contributed by atoms with van der Waals surface area (Å²) in [4.78, 5) is 47.8. The second-order valence-corrected chi connectivity index (χ2v) is 8.91. The number of likely N-dealkylation sites (tertiary alicyclic amines) is 1. The average Bonchev–Trinajstić information content (AvgIpc) is 2.75. The fraction of sp³-hybridized carbons (Fsp3) is 0.476. The Kier molecular flexibility index (Phi) is 5.99. The van der Waals surface area contributed by atoms with Crippen molar-refractivity contribution < 1.29 is 14.4 Å². The van der Waals surface area contributed by atoms with Gasteiger partial charge in [0.1, 0.15) is 5.69 Å². The second kappa shape index (κ2) is 8.67. The monoisotopic (exact) mass is 473 g/mol. The summed E-state index contributed by atoms with van der Waals surface area (Å²) in [6.45, 7) is 3.72. The molecule has 2 aromatic rings. The lowest BCUT2D eigenvalue weighted by atomic mass is 9.90. The number of carbonyl (C=O) groups is 3. The number of piperidine rings is 2. The van der Waals surface area contributed by atoms with Gasteiger partial charge in [0.15, 0.2) is 0 Å². The minimum absolute atomic E-state index is 0.0104. The third-order valence-corrected chi connectivity index (χ3v) is 6.55. The molecule has 2 saturated heterocycles. The fourth-order valence-electron chi connectivity index (χ4n) is 4.09. The van der Waals surface area contributed by atoms with E-state index in [1.54, 1.807) is 23.4 Å². The molecule has 4 rings (SSSR count). The van der Waals surface area contributed by atoms with E-state index in [9.17, 15) is 14.4 Å². The Balaban J connectivity index is 1.45. The van der Waals surface area contributed by atoms with Crippen molar-refractivity contribution in [2.75, 3.05) is 19.6 Å². The van der Waals surface area contributed by atoms with Gasteiger partial charge in [0, 0.05) is 55.8 Å². The molecule has 8 nitrogen and oxygen atoms in total. The zero-order chi connectivity index (χ0) is 21.3. The van der Waals surface area contributed by atoms with Gasteiger partial charge in [0.25, 0.3) is 5.91 Å². The number of hydrogen-bond donors (Lipinski definition) is 2. The van der Waals surface area contributed by atoms with Crippen LogP contribution in [0, 0.1) is 11.8 Å². The van der Waals surface area contributed by atoms with E-state index >= 15 is 0 Å². The van der Waals surface area contributed by atoms with Crippen LogP contribution in [0.1, 0.15) is 36.7 Å². The number of amides is 3. The van der Waals surface area contributed by atoms with Crippen molar-refractivity contribution in [1.29, 1.82) is 0 Å². The van der Waals surface area contributed by atoms with Gasteiger partial charge in [-0.1, -0.05) is 6.92 Å². The molecule has 2 aromatic heterocycles. The Bertz CT molecular complexity index is 998. The first-order valence-corrected chi connectivity index (χ1v) is 11.0. The highest BCUT2D eigenvalue weighted by molar-refractivity contribution is 9.10. The summed E-state index contributed by atoms with van der Waals surface area (Å²) in [6.07, 6.45) is 5.06. The summed E-state index contributed by atoms with van der Waals surface area (Å²) in [5.41, 5.74) is 1.01. The highest BCUT2D eigenvalue weighted by Crippen LogP contribution is 2.24. The molecule has 0 bridgehead atoms. The third kappa shape index (κ3) is 4.30. The Morgan fingerprint density at radius 1 is 1.27 bits per heavy atom. The van der Waals surface area contributed by atoms with Crippen molar-refractivity contribution >= 4 is 44.6 Å². The predicted octanol–water partition coefficient (Wildman–Crippen LogP) is 1.89. The van der Waals surface area contributed by atoms with Crippen LogP contribution >= 0.6 is 15.9 Å². The molecule has 0 radical (unpaired) electrons. The molecule has 2 fully saturated rings. The average molecular weight is 474 g/mol. The van der Waals surface area contributed by atoms with Crippen molar-refractivity contribution in [1.82, 2.24) is 25.5 Å². The maximum atomic E-state index is 12.9. The van der Waals surface area contributed by atoms with Crippen LogP contribution in [-0.4, -0.2) is 58.3 Å². The first kappa shape index (κ1) is 20.7. The largest absolute Gasteiger partial charge is 0.356 e. The van der Waals surface area contributed by atoms with E-state index in [4.69, 9.17) is 0 Å². The van der Waals surface area contributed by atoms with Gasteiger partial charge in [-0.15, -0.1) is 0 Å². The highest BCUT2D eigenvalue weighted by atomic mass is 79.9. The summed E-state index contributed by atoms with van der Waals surface area (Å²) in [5.74, 6) is -0.348. The number of nitrogens with one attached hydrogen (secondary N) is 2. The summed E-state index contributed by atoms with van der Waals surface area (Å²) in [7, 11) is 0. The molecule has 4 heterocycles. The van der Waals surface area contributed by atoms with Crippen LogP contribution in [0.3, 0.4) is 0 Å². The molecule has 3 amide bonds. The summed E-state index contributed by atoms with van der Waals surface area (Å²) < 4.78 is 0.731. The Morgan fingerprint density at radius 3 is 2.90 bits per heavy atom. The molecule has 9 heteroatoms. The standard InChI is InChI=1S/C21H24BrN5O3/c1-12-5-7-27(21(30)13-4-6-24-18(28)8-13)11-17(12)26-20(29)16-3-2-14-9-23-10-15(22)19(14)25-16/h2-3,9-10,12-13,17H,4-8,11H2,1H3,(H,24,28)(H,26,29). The van der Waals surface area contributed by atoms with Crippen molar-refractivity contribution in [2.24, 2.45) is 11.8 Å². The molecule has 2 aliphatic heterocycles. The van der Waals surface area contributed by atoms with Crippen molar-refractivity contribution in [3.8, 4) is 0 Å². The van der Waals surface area contributed by atoms with Crippen LogP contribution in [0.2, 0.25) is 0 Å². The topological polar surface area (TPSA) is 104 Å². The van der Waals surface area contributed by atoms with Crippen molar-refractivity contribution in [3.63, 3.8) is 0 Å². The number of fused-ring (bicyclic) bond motifs is 1. The molecule has 30 heavy (non-hydrogen) atoms. The Hall–Kier alpha value is -2.55. The van der Waals surface area contributed by atoms with Crippen molar-refractivity contribution in [2.45, 2.75) is 32.2 Å². The normalized spacial score (nSPS) is 24.4. The number of aromatic nitrogens is 2. The van der Waals surface area contributed by atoms with Gasteiger partial charge < -0.3 is 15.5 Å².